The molecule has 6 nitrogen and oxygen atoms in total. The third kappa shape index (κ3) is 4.92. The van der Waals surface area contributed by atoms with Crippen LogP contribution in [-0.2, 0) is 16.1 Å². The summed E-state index contributed by atoms with van der Waals surface area (Å²) in [6.45, 7) is 2.22. The van der Waals surface area contributed by atoms with Gasteiger partial charge in [-0.15, -0.1) is 0 Å². The average Bonchev–Trinajstić information content (AvgIpc) is 2.88. The second kappa shape index (κ2) is 10.6. The van der Waals surface area contributed by atoms with Crippen LogP contribution in [0.3, 0.4) is 0 Å². The third-order valence-electron chi connectivity index (χ3n) is 5.38. The van der Waals surface area contributed by atoms with Crippen LogP contribution in [0.5, 0.6) is 5.75 Å². The summed E-state index contributed by atoms with van der Waals surface area (Å²) in [5.74, 6) is 0.130. The maximum Gasteiger partial charge on any atom is 0.338 e. The summed E-state index contributed by atoms with van der Waals surface area (Å²) in [6, 6.07) is 25.9. The fourth-order valence-electron chi connectivity index (χ4n) is 3.82. The quantitative estimate of drug-likeness (QED) is 0.386. The summed E-state index contributed by atoms with van der Waals surface area (Å²) >= 11 is 5.50. The third-order valence-corrected chi connectivity index (χ3v) is 5.60. The Morgan fingerprint density at radius 1 is 1.03 bits per heavy atom. The number of nitrogens with zero attached hydrogens (tertiary/aromatic N) is 1. The largest absolute Gasteiger partial charge is 0.488 e. The summed E-state index contributed by atoms with van der Waals surface area (Å²) in [7, 11) is 0. The van der Waals surface area contributed by atoms with Gasteiger partial charge in [-0.1, -0.05) is 66.7 Å². The van der Waals surface area contributed by atoms with E-state index in [1.807, 2.05) is 72.8 Å². The summed E-state index contributed by atoms with van der Waals surface area (Å²) in [6.07, 6.45) is 0. The zero-order chi connectivity index (χ0) is 23.9. The van der Waals surface area contributed by atoms with E-state index in [2.05, 4.69) is 16.7 Å². The van der Waals surface area contributed by atoms with E-state index >= 15 is 0 Å². The highest BCUT2D eigenvalue weighted by Crippen LogP contribution is 2.36. The molecule has 0 radical (unpaired) electrons. The van der Waals surface area contributed by atoms with E-state index in [4.69, 9.17) is 21.7 Å². The highest BCUT2D eigenvalue weighted by atomic mass is 32.1. The first kappa shape index (κ1) is 23.0. The molecule has 0 bridgehead atoms. The molecule has 0 fully saturated rings. The van der Waals surface area contributed by atoms with Crippen LogP contribution >= 0.6 is 12.2 Å². The van der Waals surface area contributed by atoms with Gasteiger partial charge in [0, 0.05) is 11.1 Å². The van der Waals surface area contributed by atoms with E-state index in [0.717, 1.165) is 16.7 Å². The molecule has 1 heterocycles. The van der Waals surface area contributed by atoms with E-state index in [-0.39, 0.29) is 13.2 Å². The summed E-state index contributed by atoms with van der Waals surface area (Å²) in [5, 5.41) is 16.1. The van der Waals surface area contributed by atoms with E-state index in [0.29, 0.717) is 27.7 Å². The molecule has 1 atom stereocenters. The number of para-hydroxylation sites is 1. The maximum atomic E-state index is 13.2. The lowest BCUT2D eigenvalue weighted by atomic mass is 9.92. The Bertz CT molecular complexity index is 1280. The zero-order valence-electron chi connectivity index (χ0n) is 18.6. The van der Waals surface area contributed by atoms with E-state index in [9.17, 15) is 10.1 Å². The second-order valence-corrected chi connectivity index (χ2v) is 7.91. The Balaban J connectivity index is 1.77. The standard InChI is InChI=1S/C27H23N3O3S/c1-2-32-26(31)23-24(18-10-4-3-5-11-18)29-27(34)30-25(23)21-14-8-9-15-22(21)33-17-20-13-7-6-12-19(20)16-28/h3-15,25H,2,17H2,1H3,(H2,29,30,34). The molecule has 3 aromatic carbocycles. The lowest BCUT2D eigenvalue weighted by molar-refractivity contribution is -0.138. The number of esters is 1. The van der Waals surface area contributed by atoms with Crippen molar-refractivity contribution in [2.24, 2.45) is 0 Å². The van der Waals surface area contributed by atoms with Crippen molar-refractivity contribution in [3.8, 4) is 11.8 Å². The molecule has 1 aliphatic rings. The molecule has 34 heavy (non-hydrogen) atoms. The van der Waals surface area contributed by atoms with Gasteiger partial charge in [0.25, 0.3) is 0 Å². The topological polar surface area (TPSA) is 83.4 Å². The molecule has 1 unspecified atom stereocenters. The van der Waals surface area contributed by atoms with Crippen LogP contribution in [0.15, 0.2) is 84.4 Å². The molecule has 7 heteroatoms. The Morgan fingerprint density at radius 3 is 2.50 bits per heavy atom. The second-order valence-electron chi connectivity index (χ2n) is 7.50. The Labute approximate surface area is 203 Å². The van der Waals surface area contributed by atoms with E-state index in [1.54, 1.807) is 13.0 Å². The summed E-state index contributed by atoms with van der Waals surface area (Å²) in [5.41, 5.74) is 3.89. The van der Waals surface area contributed by atoms with Gasteiger partial charge in [-0.3, -0.25) is 0 Å². The minimum absolute atomic E-state index is 0.208. The zero-order valence-corrected chi connectivity index (χ0v) is 19.4. The Hall–Kier alpha value is -4.15. The van der Waals surface area contributed by atoms with Gasteiger partial charge in [-0.2, -0.15) is 5.26 Å². The minimum atomic E-state index is -0.592. The fourth-order valence-corrected chi connectivity index (χ4v) is 4.04. The molecule has 0 amide bonds. The average molecular weight is 470 g/mol. The molecule has 1 aliphatic heterocycles. The molecule has 0 saturated heterocycles. The first-order chi connectivity index (χ1) is 16.6. The van der Waals surface area contributed by atoms with Crippen LogP contribution in [0.2, 0.25) is 0 Å². The highest BCUT2D eigenvalue weighted by molar-refractivity contribution is 7.80. The van der Waals surface area contributed by atoms with Gasteiger partial charge in [0.05, 0.1) is 35.6 Å². The molecule has 0 saturated carbocycles. The van der Waals surface area contributed by atoms with Crippen LogP contribution in [0, 0.1) is 11.3 Å². The maximum absolute atomic E-state index is 13.2. The van der Waals surface area contributed by atoms with Crippen LogP contribution in [0.1, 0.15) is 35.2 Å². The Morgan fingerprint density at radius 2 is 1.74 bits per heavy atom. The van der Waals surface area contributed by atoms with Crippen molar-refractivity contribution < 1.29 is 14.3 Å². The number of thiocarbonyl (C=S) groups is 1. The van der Waals surface area contributed by atoms with Gasteiger partial charge < -0.3 is 20.1 Å². The number of benzene rings is 3. The number of carbonyl (C=O) groups is 1. The molecular weight excluding hydrogens is 446 g/mol. The van der Waals surface area contributed by atoms with Crippen molar-refractivity contribution in [2.45, 2.75) is 19.6 Å². The normalized spacial score (nSPS) is 15.1. The first-order valence-electron chi connectivity index (χ1n) is 10.9. The van der Waals surface area contributed by atoms with Gasteiger partial charge in [0.1, 0.15) is 12.4 Å². The van der Waals surface area contributed by atoms with Crippen LogP contribution in [0.25, 0.3) is 5.70 Å². The van der Waals surface area contributed by atoms with Crippen LogP contribution in [0.4, 0.5) is 0 Å². The molecular formula is C27H23N3O3S. The monoisotopic (exact) mass is 469 g/mol. The summed E-state index contributed by atoms with van der Waals surface area (Å²) in [4.78, 5) is 13.2. The Kier molecular flexibility index (Phi) is 7.21. The predicted octanol–water partition coefficient (Wildman–Crippen LogP) is 4.63. The number of ether oxygens (including phenoxy) is 2. The minimum Gasteiger partial charge on any atom is -0.488 e. The molecule has 0 aromatic heterocycles. The number of hydrogen-bond acceptors (Lipinski definition) is 5. The lowest BCUT2D eigenvalue weighted by Gasteiger charge is -2.32. The van der Waals surface area contributed by atoms with Gasteiger partial charge >= 0.3 is 5.97 Å². The molecule has 2 N–H and O–H groups in total. The van der Waals surface area contributed by atoms with Crippen molar-refractivity contribution in [1.82, 2.24) is 10.6 Å². The summed E-state index contributed by atoms with van der Waals surface area (Å²) < 4.78 is 11.6. The molecule has 3 aromatic rings. The fraction of sp³-hybridized carbons (Fsp3) is 0.148. The van der Waals surface area contributed by atoms with E-state index in [1.165, 1.54) is 0 Å². The van der Waals surface area contributed by atoms with Gasteiger partial charge in [0.15, 0.2) is 5.11 Å². The number of hydrogen-bond donors (Lipinski definition) is 2. The van der Waals surface area contributed by atoms with Crippen molar-refractivity contribution >= 4 is 29.0 Å². The lowest BCUT2D eigenvalue weighted by Crippen LogP contribution is -2.45. The SMILES string of the molecule is CCOC(=O)C1=C(c2ccccc2)NC(=S)NC1c1ccccc1OCc1ccccc1C#N. The van der Waals surface area contributed by atoms with Crippen molar-refractivity contribution in [1.29, 1.82) is 5.26 Å². The predicted molar refractivity (Wildman–Crippen MR) is 134 cm³/mol. The molecule has 0 spiro atoms. The van der Waals surface area contributed by atoms with E-state index < -0.39 is 12.0 Å². The van der Waals surface area contributed by atoms with Gasteiger partial charge in [-0.05, 0) is 36.8 Å². The molecule has 4 rings (SSSR count). The number of nitrogens with one attached hydrogen (secondary N) is 2. The number of carbonyl (C=O) groups excluding carboxylic acids is 1. The first-order valence-corrected chi connectivity index (χ1v) is 11.3. The van der Waals surface area contributed by atoms with Crippen molar-refractivity contribution in [3.63, 3.8) is 0 Å². The van der Waals surface area contributed by atoms with Crippen LogP contribution in [-0.4, -0.2) is 17.7 Å². The van der Waals surface area contributed by atoms with Gasteiger partial charge in [-0.25, -0.2) is 4.79 Å². The van der Waals surface area contributed by atoms with Crippen molar-refractivity contribution in [3.05, 3.63) is 107 Å². The van der Waals surface area contributed by atoms with Crippen LogP contribution < -0.4 is 15.4 Å². The number of nitriles is 1. The van der Waals surface area contributed by atoms with Crippen molar-refractivity contribution in [2.75, 3.05) is 6.61 Å². The molecule has 0 aliphatic carbocycles. The smallest absolute Gasteiger partial charge is 0.338 e. The van der Waals surface area contributed by atoms with Gasteiger partial charge in [0.2, 0.25) is 0 Å². The number of rotatable bonds is 7. The highest BCUT2D eigenvalue weighted by Gasteiger charge is 2.34. The molecule has 170 valence electrons.